The third kappa shape index (κ3) is 4.39. The lowest BCUT2D eigenvalue weighted by Crippen LogP contribution is -1.97. The van der Waals surface area contributed by atoms with Crippen molar-refractivity contribution in [2.24, 2.45) is 0 Å². The van der Waals surface area contributed by atoms with Gasteiger partial charge in [0, 0.05) is 10.0 Å². The van der Waals surface area contributed by atoms with Crippen LogP contribution in [0.1, 0.15) is 22.5 Å². The van der Waals surface area contributed by atoms with Gasteiger partial charge in [-0.25, -0.2) is 4.98 Å². The van der Waals surface area contributed by atoms with Crippen molar-refractivity contribution in [3.63, 3.8) is 0 Å². The summed E-state index contributed by atoms with van der Waals surface area (Å²) in [4.78, 5) is 7.81. The van der Waals surface area contributed by atoms with E-state index in [2.05, 4.69) is 32.0 Å². The number of aromatic amines is 1. The van der Waals surface area contributed by atoms with Crippen LogP contribution in [0.25, 0.3) is 22.7 Å². The Morgan fingerprint density at radius 1 is 1.14 bits per heavy atom. The first-order chi connectivity index (χ1) is 14.1. The van der Waals surface area contributed by atoms with Crippen molar-refractivity contribution in [2.45, 2.75) is 13.5 Å². The molecular formula is C24H18BrN3O. The predicted molar refractivity (Wildman–Crippen MR) is 119 cm³/mol. The van der Waals surface area contributed by atoms with Crippen LogP contribution in [-0.2, 0) is 6.61 Å². The standard InChI is InChI=1S/C24H18BrN3O/c1-16-7-9-21-22(11-16)28-24(27-21)19(14-26)12-18-13-20(25)8-10-23(18)29-15-17-5-3-2-4-6-17/h2-13H,15H2,1H3,(H,27,28). The van der Waals surface area contributed by atoms with Crippen molar-refractivity contribution in [1.29, 1.82) is 5.26 Å². The van der Waals surface area contributed by atoms with E-state index < -0.39 is 0 Å². The molecule has 3 aromatic carbocycles. The molecule has 0 saturated heterocycles. The zero-order chi connectivity index (χ0) is 20.2. The highest BCUT2D eigenvalue weighted by Gasteiger charge is 2.11. The minimum atomic E-state index is 0.446. The summed E-state index contributed by atoms with van der Waals surface area (Å²) in [5.74, 6) is 1.25. The highest BCUT2D eigenvalue weighted by Crippen LogP contribution is 2.28. The van der Waals surface area contributed by atoms with Gasteiger partial charge in [0.1, 0.15) is 24.3 Å². The molecule has 0 fully saturated rings. The van der Waals surface area contributed by atoms with Crippen LogP contribution in [-0.4, -0.2) is 9.97 Å². The number of H-pyrrole nitrogens is 1. The topological polar surface area (TPSA) is 61.7 Å². The van der Waals surface area contributed by atoms with Crippen LogP contribution in [0.15, 0.2) is 71.2 Å². The van der Waals surface area contributed by atoms with Crippen LogP contribution in [0.3, 0.4) is 0 Å². The second kappa shape index (κ2) is 8.34. The highest BCUT2D eigenvalue weighted by molar-refractivity contribution is 9.10. The number of aromatic nitrogens is 2. The first-order valence-corrected chi connectivity index (χ1v) is 9.96. The molecule has 1 heterocycles. The van der Waals surface area contributed by atoms with Crippen LogP contribution < -0.4 is 4.74 Å². The maximum absolute atomic E-state index is 9.76. The molecule has 29 heavy (non-hydrogen) atoms. The van der Waals surface area contributed by atoms with Gasteiger partial charge >= 0.3 is 0 Å². The number of benzene rings is 3. The molecule has 4 nitrogen and oxygen atoms in total. The minimum absolute atomic E-state index is 0.446. The molecule has 0 bridgehead atoms. The first kappa shape index (κ1) is 19.0. The third-order valence-corrected chi connectivity index (χ3v) is 5.02. The minimum Gasteiger partial charge on any atom is -0.488 e. The number of hydrogen-bond donors (Lipinski definition) is 1. The van der Waals surface area contributed by atoms with E-state index in [0.717, 1.165) is 32.2 Å². The van der Waals surface area contributed by atoms with Crippen molar-refractivity contribution < 1.29 is 4.74 Å². The fraction of sp³-hybridized carbons (Fsp3) is 0.0833. The average molecular weight is 444 g/mol. The van der Waals surface area contributed by atoms with Crippen LogP contribution >= 0.6 is 15.9 Å². The Kier molecular flexibility index (Phi) is 5.46. The smallest absolute Gasteiger partial charge is 0.149 e. The van der Waals surface area contributed by atoms with Gasteiger partial charge in [0.2, 0.25) is 0 Å². The van der Waals surface area contributed by atoms with Gasteiger partial charge in [-0.2, -0.15) is 5.26 Å². The lowest BCUT2D eigenvalue weighted by Gasteiger charge is -2.10. The van der Waals surface area contributed by atoms with Crippen molar-refractivity contribution >= 4 is 38.6 Å². The zero-order valence-corrected chi connectivity index (χ0v) is 17.4. The van der Waals surface area contributed by atoms with Gasteiger partial charge in [-0.3, -0.25) is 0 Å². The normalized spacial score (nSPS) is 11.4. The maximum atomic E-state index is 9.76. The van der Waals surface area contributed by atoms with Gasteiger partial charge in [0.25, 0.3) is 0 Å². The van der Waals surface area contributed by atoms with E-state index in [1.54, 1.807) is 6.08 Å². The number of nitriles is 1. The van der Waals surface area contributed by atoms with Gasteiger partial charge in [-0.1, -0.05) is 52.3 Å². The Labute approximate surface area is 177 Å². The number of nitrogens with one attached hydrogen (secondary N) is 1. The lowest BCUT2D eigenvalue weighted by molar-refractivity contribution is 0.305. The van der Waals surface area contributed by atoms with Gasteiger partial charge in [-0.05, 0) is 54.5 Å². The second-order valence-electron chi connectivity index (χ2n) is 6.73. The molecule has 0 aliphatic carbocycles. The summed E-state index contributed by atoms with van der Waals surface area (Å²) in [6.07, 6.45) is 1.80. The predicted octanol–water partition coefficient (Wildman–Crippen LogP) is 6.28. The summed E-state index contributed by atoms with van der Waals surface area (Å²) in [6, 6.07) is 24.0. The van der Waals surface area contributed by atoms with Crippen LogP contribution in [0.5, 0.6) is 5.75 Å². The van der Waals surface area contributed by atoms with Gasteiger partial charge < -0.3 is 9.72 Å². The van der Waals surface area contributed by atoms with Crippen molar-refractivity contribution in [1.82, 2.24) is 9.97 Å². The monoisotopic (exact) mass is 443 g/mol. The number of imidazole rings is 1. The zero-order valence-electron chi connectivity index (χ0n) is 15.8. The SMILES string of the molecule is Cc1ccc2nc(C(C#N)=Cc3cc(Br)ccc3OCc3ccccc3)[nH]c2c1. The highest BCUT2D eigenvalue weighted by atomic mass is 79.9. The number of nitrogens with zero attached hydrogens (tertiary/aromatic N) is 2. The number of ether oxygens (including phenoxy) is 1. The molecule has 1 aromatic heterocycles. The van der Waals surface area contributed by atoms with Crippen LogP contribution in [0.2, 0.25) is 0 Å². The van der Waals surface area contributed by atoms with Gasteiger partial charge in [0.15, 0.2) is 0 Å². The molecule has 0 aliphatic heterocycles. The molecule has 0 unspecified atom stereocenters. The molecular weight excluding hydrogens is 426 g/mol. The average Bonchev–Trinajstić information content (AvgIpc) is 3.15. The van der Waals surface area contributed by atoms with Crippen molar-refractivity contribution in [2.75, 3.05) is 0 Å². The number of hydrogen-bond acceptors (Lipinski definition) is 3. The molecule has 142 valence electrons. The quantitative estimate of drug-likeness (QED) is 0.369. The summed E-state index contributed by atoms with van der Waals surface area (Å²) in [7, 11) is 0. The number of rotatable bonds is 5. The van der Waals surface area contributed by atoms with Gasteiger partial charge in [-0.15, -0.1) is 0 Å². The molecule has 5 heteroatoms. The number of aryl methyl sites for hydroxylation is 1. The fourth-order valence-corrected chi connectivity index (χ4v) is 3.44. The summed E-state index contributed by atoms with van der Waals surface area (Å²) in [5.41, 5.74) is 5.22. The third-order valence-electron chi connectivity index (χ3n) is 4.52. The van der Waals surface area contributed by atoms with E-state index >= 15 is 0 Å². The number of fused-ring (bicyclic) bond motifs is 1. The molecule has 0 radical (unpaired) electrons. The summed E-state index contributed by atoms with van der Waals surface area (Å²) >= 11 is 3.51. The molecule has 0 spiro atoms. The number of allylic oxidation sites excluding steroid dienone is 1. The Bertz CT molecular complexity index is 1240. The molecule has 4 rings (SSSR count). The maximum Gasteiger partial charge on any atom is 0.149 e. The molecule has 0 atom stereocenters. The Morgan fingerprint density at radius 3 is 2.76 bits per heavy atom. The van der Waals surface area contributed by atoms with E-state index in [9.17, 15) is 5.26 Å². The van der Waals surface area contributed by atoms with Crippen molar-refractivity contribution in [3.8, 4) is 11.8 Å². The molecule has 0 saturated carbocycles. The van der Waals surface area contributed by atoms with E-state index in [1.165, 1.54) is 0 Å². The van der Waals surface area contributed by atoms with Crippen molar-refractivity contribution in [3.05, 3.63) is 93.7 Å². The molecule has 0 amide bonds. The van der Waals surface area contributed by atoms with Crippen LogP contribution in [0, 0.1) is 18.3 Å². The summed E-state index contributed by atoms with van der Waals surface area (Å²) in [5, 5.41) is 9.76. The number of halogens is 1. The molecule has 1 N–H and O–H groups in total. The Hall–Kier alpha value is -3.36. The largest absolute Gasteiger partial charge is 0.488 e. The van der Waals surface area contributed by atoms with Crippen LogP contribution in [0.4, 0.5) is 0 Å². The lowest BCUT2D eigenvalue weighted by atomic mass is 10.1. The molecule has 0 aliphatic rings. The second-order valence-corrected chi connectivity index (χ2v) is 7.65. The first-order valence-electron chi connectivity index (χ1n) is 9.17. The molecule has 4 aromatic rings. The van der Waals surface area contributed by atoms with E-state index in [0.29, 0.717) is 23.8 Å². The van der Waals surface area contributed by atoms with E-state index in [-0.39, 0.29) is 0 Å². The van der Waals surface area contributed by atoms with Gasteiger partial charge in [0.05, 0.1) is 16.6 Å². The Morgan fingerprint density at radius 2 is 1.97 bits per heavy atom. The van der Waals surface area contributed by atoms with E-state index in [4.69, 9.17) is 4.74 Å². The van der Waals surface area contributed by atoms with E-state index in [1.807, 2.05) is 73.7 Å². The Balaban J connectivity index is 1.69. The summed E-state index contributed by atoms with van der Waals surface area (Å²) in [6.45, 7) is 2.48. The summed E-state index contributed by atoms with van der Waals surface area (Å²) < 4.78 is 6.94. The fourth-order valence-electron chi connectivity index (χ4n) is 3.06.